The van der Waals surface area contributed by atoms with Crippen LogP contribution in [0.15, 0.2) is 76.5 Å². The Bertz CT molecular complexity index is 1190. The Hall–Kier alpha value is -3.32. The number of nitrogens with one attached hydrogen (secondary N) is 2. The van der Waals surface area contributed by atoms with E-state index in [-0.39, 0.29) is 22.2 Å². The van der Waals surface area contributed by atoms with Gasteiger partial charge in [0.25, 0.3) is 0 Å². The smallest absolute Gasteiger partial charge is 0.243 e. The maximum absolute atomic E-state index is 13.2. The number of ether oxygens (including phenoxy) is 1. The lowest BCUT2D eigenvalue weighted by Gasteiger charge is -2.16. The Morgan fingerprint density at radius 2 is 1.59 bits per heavy atom. The molecule has 32 heavy (non-hydrogen) atoms. The zero-order chi connectivity index (χ0) is 23.1. The molecule has 6 nitrogen and oxygen atoms in total. The highest BCUT2D eigenvalue weighted by atomic mass is 32.2. The van der Waals surface area contributed by atoms with Crippen LogP contribution >= 0.6 is 0 Å². The minimum atomic E-state index is -3.68. The minimum Gasteiger partial charge on any atom is -0.492 e. The van der Waals surface area contributed by atoms with Crippen molar-refractivity contribution in [3.05, 3.63) is 77.9 Å². The Labute approximate surface area is 189 Å². The number of anilines is 2. The number of rotatable bonds is 9. The normalized spacial score (nSPS) is 11.1. The lowest BCUT2D eigenvalue weighted by molar-refractivity contribution is -0.114. The van der Waals surface area contributed by atoms with Crippen LogP contribution in [-0.4, -0.2) is 27.5 Å². The first-order chi connectivity index (χ1) is 15.4. The molecule has 3 aromatic carbocycles. The van der Waals surface area contributed by atoms with Gasteiger partial charge in [-0.15, -0.1) is 0 Å². The predicted octanol–water partition coefficient (Wildman–Crippen LogP) is 4.84. The van der Waals surface area contributed by atoms with Crippen LogP contribution in [0, 0.1) is 6.92 Å². The van der Waals surface area contributed by atoms with Crippen molar-refractivity contribution in [3.8, 4) is 5.75 Å². The van der Waals surface area contributed by atoms with Crippen molar-refractivity contribution in [2.45, 2.75) is 37.0 Å². The first kappa shape index (κ1) is 23.3. The summed E-state index contributed by atoms with van der Waals surface area (Å²) in [6, 6.07) is 19.1. The average Bonchev–Trinajstić information content (AvgIpc) is 2.79. The summed E-state index contributed by atoms with van der Waals surface area (Å²) in [6.07, 6.45) is 0.498. The van der Waals surface area contributed by atoms with Crippen LogP contribution in [0.4, 0.5) is 11.4 Å². The third-order valence-corrected chi connectivity index (χ3v) is 6.86. The fourth-order valence-corrected chi connectivity index (χ4v) is 5.00. The predicted molar refractivity (Wildman–Crippen MR) is 127 cm³/mol. The second kappa shape index (κ2) is 10.3. The molecule has 0 aliphatic carbocycles. The van der Waals surface area contributed by atoms with Crippen LogP contribution < -0.4 is 15.4 Å². The number of hydrogen-bond acceptors (Lipinski definition) is 5. The van der Waals surface area contributed by atoms with Crippen LogP contribution in [0.5, 0.6) is 5.75 Å². The minimum absolute atomic E-state index is 0.0124. The first-order valence-electron chi connectivity index (χ1n) is 10.6. The molecule has 0 radical (unpaired) electrons. The number of amides is 1. The number of para-hydroxylation sites is 2. The Morgan fingerprint density at radius 1 is 0.906 bits per heavy atom. The molecule has 7 heteroatoms. The van der Waals surface area contributed by atoms with E-state index in [4.69, 9.17) is 4.74 Å². The zero-order valence-corrected chi connectivity index (χ0v) is 19.3. The number of hydrogen-bond donors (Lipinski definition) is 2. The van der Waals surface area contributed by atoms with Gasteiger partial charge < -0.3 is 15.4 Å². The average molecular weight is 453 g/mol. The van der Waals surface area contributed by atoms with E-state index in [9.17, 15) is 13.2 Å². The van der Waals surface area contributed by atoms with E-state index >= 15 is 0 Å². The maximum atomic E-state index is 13.2. The third kappa shape index (κ3) is 5.29. The van der Waals surface area contributed by atoms with Gasteiger partial charge in [-0.3, -0.25) is 4.79 Å². The number of carbonyl (C=O) groups is 1. The number of carbonyl (C=O) groups excluding carboxylic acids is 1. The maximum Gasteiger partial charge on any atom is 0.243 e. The Balaban J connectivity index is 1.80. The first-order valence-corrected chi connectivity index (χ1v) is 12.0. The second-order valence-electron chi connectivity index (χ2n) is 7.28. The Kier molecular flexibility index (Phi) is 7.53. The molecule has 0 spiro atoms. The van der Waals surface area contributed by atoms with Gasteiger partial charge in [0.1, 0.15) is 5.75 Å². The number of aryl methyl sites for hydroxylation is 1. The van der Waals surface area contributed by atoms with Crippen molar-refractivity contribution in [3.63, 3.8) is 0 Å². The molecule has 168 valence electrons. The monoisotopic (exact) mass is 452 g/mol. The van der Waals surface area contributed by atoms with Crippen molar-refractivity contribution >= 4 is 27.1 Å². The van der Waals surface area contributed by atoms with Crippen molar-refractivity contribution in [2.24, 2.45) is 0 Å². The molecule has 0 saturated carbocycles. The SMILES string of the molecule is CCOc1ccccc1NC(=O)CNc1cccc(S(=O)(=O)c2ccc(C)cc2)c1CC. The van der Waals surface area contributed by atoms with E-state index in [1.165, 1.54) is 0 Å². The van der Waals surface area contributed by atoms with Crippen molar-refractivity contribution in [1.82, 2.24) is 0 Å². The molecule has 2 N–H and O–H groups in total. The molecule has 0 unspecified atom stereocenters. The highest BCUT2D eigenvalue weighted by molar-refractivity contribution is 7.91. The molecule has 3 rings (SSSR count). The van der Waals surface area contributed by atoms with E-state index in [0.29, 0.717) is 35.7 Å². The molecule has 1 amide bonds. The molecule has 0 fully saturated rings. The molecule has 0 heterocycles. The highest BCUT2D eigenvalue weighted by Gasteiger charge is 2.22. The summed E-state index contributed by atoms with van der Waals surface area (Å²) in [5.41, 5.74) is 2.85. The van der Waals surface area contributed by atoms with Gasteiger partial charge in [-0.25, -0.2) is 8.42 Å². The van der Waals surface area contributed by atoms with E-state index in [2.05, 4.69) is 10.6 Å². The van der Waals surface area contributed by atoms with Crippen molar-refractivity contribution < 1.29 is 17.9 Å². The third-order valence-electron chi connectivity index (χ3n) is 5.01. The van der Waals surface area contributed by atoms with Crippen LogP contribution in [0.3, 0.4) is 0 Å². The molecule has 0 aliphatic rings. The summed E-state index contributed by atoms with van der Waals surface area (Å²) in [7, 11) is -3.68. The standard InChI is InChI=1S/C25H28N2O4S/c1-4-20-21(26-17-25(28)27-22-9-6-7-11-23(22)31-5-2)10-8-12-24(20)32(29,30)19-15-13-18(3)14-16-19/h6-16,26H,4-5,17H2,1-3H3,(H,27,28). The van der Waals surface area contributed by atoms with Gasteiger partial charge in [-0.1, -0.05) is 42.8 Å². The number of benzene rings is 3. The van der Waals surface area contributed by atoms with Crippen LogP contribution in [0.1, 0.15) is 25.0 Å². The molecule has 0 saturated heterocycles. The van der Waals surface area contributed by atoms with Gasteiger partial charge in [-0.05, 0) is 62.2 Å². The fraction of sp³-hybridized carbons (Fsp3) is 0.240. The summed E-state index contributed by atoms with van der Waals surface area (Å²) in [6.45, 7) is 6.17. The fourth-order valence-electron chi connectivity index (χ4n) is 3.41. The lowest BCUT2D eigenvalue weighted by Crippen LogP contribution is -2.23. The van der Waals surface area contributed by atoms with Gasteiger partial charge in [0, 0.05) is 5.69 Å². The van der Waals surface area contributed by atoms with Crippen LogP contribution in [0.2, 0.25) is 0 Å². The van der Waals surface area contributed by atoms with E-state index in [1.54, 1.807) is 54.6 Å². The van der Waals surface area contributed by atoms with Gasteiger partial charge in [-0.2, -0.15) is 0 Å². The largest absolute Gasteiger partial charge is 0.492 e. The summed E-state index contributed by atoms with van der Waals surface area (Å²) in [4.78, 5) is 13.0. The van der Waals surface area contributed by atoms with Crippen LogP contribution in [0.25, 0.3) is 0 Å². The summed E-state index contributed by atoms with van der Waals surface area (Å²) >= 11 is 0. The molecule has 0 atom stereocenters. The summed E-state index contributed by atoms with van der Waals surface area (Å²) < 4.78 is 32.0. The van der Waals surface area contributed by atoms with E-state index in [0.717, 1.165) is 5.56 Å². The molecule has 0 aliphatic heterocycles. The zero-order valence-electron chi connectivity index (χ0n) is 18.5. The molecule has 0 bridgehead atoms. The summed E-state index contributed by atoms with van der Waals surface area (Å²) in [5, 5.41) is 5.93. The second-order valence-corrected chi connectivity index (χ2v) is 9.20. The van der Waals surface area contributed by atoms with Crippen LogP contribution in [-0.2, 0) is 21.1 Å². The molecule has 0 aromatic heterocycles. The van der Waals surface area contributed by atoms with E-state index in [1.807, 2.05) is 32.9 Å². The molecular weight excluding hydrogens is 424 g/mol. The van der Waals surface area contributed by atoms with Gasteiger partial charge in [0.2, 0.25) is 15.7 Å². The van der Waals surface area contributed by atoms with Crippen molar-refractivity contribution in [1.29, 1.82) is 0 Å². The highest BCUT2D eigenvalue weighted by Crippen LogP contribution is 2.30. The van der Waals surface area contributed by atoms with Crippen molar-refractivity contribution in [2.75, 3.05) is 23.8 Å². The van der Waals surface area contributed by atoms with E-state index < -0.39 is 9.84 Å². The molecular formula is C25H28N2O4S. The van der Waals surface area contributed by atoms with Gasteiger partial charge >= 0.3 is 0 Å². The number of sulfone groups is 1. The van der Waals surface area contributed by atoms with Gasteiger partial charge in [0.05, 0.1) is 28.6 Å². The quantitative estimate of drug-likeness (QED) is 0.485. The summed E-state index contributed by atoms with van der Waals surface area (Å²) in [5.74, 6) is 0.342. The lowest BCUT2D eigenvalue weighted by atomic mass is 10.1. The topological polar surface area (TPSA) is 84.5 Å². The Morgan fingerprint density at radius 3 is 2.28 bits per heavy atom. The van der Waals surface area contributed by atoms with Gasteiger partial charge in [0.15, 0.2) is 0 Å². The molecule has 3 aromatic rings.